The molecule has 0 atom stereocenters. The Morgan fingerprint density at radius 1 is 0.974 bits per heavy atom. The number of piperazine rings is 1. The SMILES string of the molecule is CC(=O)c1cc2cc(NCc3cc(NC(=O)c4ccc(CN5CCN(C)CC5)cc4)ccc3C)cnc2[nH]1. The minimum absolute atomic E-state index is 0.0198. The number of hydrogen-bond acceptors (Lipinski definition) is 6. The molecule has 1 fully saturated rings. The monoisotopic (exact) mass is 510 g/mol. The van der Waals surface area contributed by atoms with Crippen molar-refractivity contribution in [3.05, 3.63) is 88.7 Å². The van der Waals surface area contributed by atoms with Crippen LogP contribution < -0.4 is 10.6 Å². The Bertz CT molecular complexity index is 1450. The number of likely N-dealkylation sites (N-methyl/N-ethyl adjacent to an activating group) is 1. The summed E-state index contributed by atoms with van der Waals surface area (Å²) >= 11 is 0. The fourth-order valence-corrected chi connectivity index (χ4v) is 4.67. The lowest BCUT2D eigenvalue weighted by atomic mass is 10.1. The fourth-order valence-electron chi connectivity index (χ4n) is 4.67. The molecule has 0 bridgehead atoms. The van der Waals surface area contributed by atoms with Crippen LogP contribution in [0.5, 0.6) is 0 Å². The zero-order valence-corrected chi connectivity index (χ0v) is 22.2. The molecule has 4 aromatic rings. The zero-order valence-electron chi connectivity index (χ0n) is 22.2. The van der Waals surface area contributed by atoms with Gasteiger partial charge in [-0.1, -0.05) is 18.2 Å². The summed E-state index contributed by atoms with van der Waals surface area (Å²) in [7, 11) is 2.16. The number of H-pyrrole nitrogens is 1. The van der Waals surface area contributed by atoms with Gasteiger partial charge in [0.05, 0.1) is 17.6 Å². The summed E-state index contributed by atoms with van der Waals surface area (Å²) in [5.74, 6) is -0.143. The van der Waals surface area contributed by atoms with E-state index in [9.17, 15) is 9.59 Å². The Labute approximate surface area is 223 Å². The van der Waals surface area contributed by atoms with Crippen molar-refractivity contribution in [2.45, 2.75) is 26.9 Å². The van der Waals surface area contributed by atoms with Gasteiger partial charge in [-0.25, -0.2) is 4.98 Å². The molecule has 1 saturated heterocycles. The fraction of sp³-hybridized carbons (Fsp3) is 0.300. The van der Waals surface area contributed by atoms with E-state index in [1.807, 2.05) is 54.6 Å². The molecule has 3 heterocycles. The van der Waals surface area contributed by atoms with Crippen molar-refractivity contribution >= 4 is 34.1 Å². The maximum atomic E-state index is 12.9. The van der Waals surface area contributed by atoms with E-state index in [1.54, 1.807) is 6.20 Å². The van der Waals surface area contributed by atoms with E-state index in [0.29, 0.717) is 23.4 Å². The Balaban J connectivity index is 1.20. The number of carbonyl (C=O) groups is 2. The molecule has 0 saturated carbocycles. The quantitative estimate of drug-likeness (QED) is 0.298. The number of rotatable bonds is 8. The van der Waals surface area contributed by atoms with Crippen molar-refractivity contribution in [1.82, 2.24) is 19.8 Å². The second-order valence-corrected chi connectivity index (χ2v) is 10.1. The number of amides is 1. The number of Topliss-reactive ketones (excluding diaryl/α,β-unsaturated/α-hetero) is 1. The van der Waals surface area contributed by atoms with Gasteiger partial charge < -0.3 is 20.5 Å². The van der Waals surface area contributed by atoms with Gasteiger partial charge >= 0.3 is 0 Å². The molecule has 1 aliphatic heterocycles. The number of aryl methyl sites for hydroxylation is 1. The van der Waals surface area contributed by atoms with Gasteiger partial charge in [0.15, 0.2) is 5.78 Å². The third-order valence-electron chi connectivity index (χ3n) is 7.16. The molecular formula is C30H34N6O2. The number of carbonyl (C=O) groups excluding carboxylic acids is 2. The molecule has 38 heavy (non-hydrogen) atoms. The van der Waals surface area contributed by atoms with E-state index < -0.39 is 0 Å². The van der Waals surface area contributed by atoms with Crippen molar-refractivity contribution < 1.29 is 9.59 Å². The maximum absolute atomic E-state index is 12.9. The molecule has 2 aromatic heterocycles. The first kappa shape index (κ1) is 25.6. The average molecular weight is 511 g/mol. The Kier molecular flexibility index (Phi) is 7.53. The number of pyridine rings is 1. The van der Waals surface area contributed by atoms with Crippen LogP contribution >= 0.6 is 0 Å². The number of anilines is 2. The van der Waals surface area contributed by atoms with Crippen molar-refractivity contribution in [1.29, 1.82) is 0 Å². The number of aromatic nitrogens is 2. The molecular weight excluding hydrogens is 476 g/mol. The van der Waals surface area contributed by atoms with Gasteiger partial charge in [-0.05, 0) is 67.1 Å². The number of fused-ring (bicyclic) bond motifs is 1. The minimum atomic E-state index is -0.123. The highest BCUT2D eigenvalue weighted by Gasteiger charge is 2.14. The number of hydrogen-bond donors (Lipinski definition) is 3. The van der Waals surface area contributed by atoms with Gasteiger partial charge in [-0.3, -0.25) is 14.5 Å². The molecule has 5 rings (SSSR count). The van der Waals surface area contributed by atoms with Gasteiger partial charge in [0.2, 0.25) is 0 Å². The first-order chi connectivity index (χ1) is 18.3. The van der Waals surface area contributed by atoms with Gasteiger partial charge in [0.25, 0.3) is 5.91 Å². The number of benzene rings is 2. The Morgan fingerprint density at radius 2 is 1.74 bits per heavy atom. The molecule has 0 radical (unpaired) electrons. The van der Waals surface area contributed by atoms with Crippen LogP contribution in [0.15, 0.2) is 60.8 Å². The standard InChI is InChI=1S/C30H34N6O2/c1-20-4-9-26(15-25(20)17-31-27-14-24-16-28(21(2)37)34-29(24)32-18-27)33-30(38)23-7-5-22(6-8-23)19-36-12-10-35(3)11-13-36/h4-9,14-16,18,31H,10-13,17,19H2,1-3H3,(H,32,34)(H,33,38). The lowest BCUT2D eigenvalue weighted by Gasteiger charge is -2.32. The second kappa shape index (κ2) is 11.2. The number of nitrogens with one attached hydrogen (secondary N) is 3. The summed E-state index contributed by atoms with van der Waals surface area (Å²) in [6.07, 6.45) is 1.75. The van der Waals surface area contributed by atoms with Crippen molar-refractivity contribution in [3.63, 3.8) is 0 Å². The highest BCUT2D eigenvalue weighted by molar-refractivity contribution is 6.04. The highest BCUT2D eigenvalue weighted by atomic mass is 16.1. The summed E-state index contributed by atoms with van der Waals surface area (Å²) in [4.78, 5) is 36.8. The van der Waals surface area contributed by atoms with Crippen molar-refractivity contribution in [3.8, 4) is 0 Å². The molecule has 196 valence electrons. The summed E-state index contributed by atoms with van der Waals surface area (Å²) in [5, 5.41) is 7.32. The molecule has 8 nitrogen and oxygen atoms in total. The number of aromatic amines is 1. The van der Waals surface area contributed by atoms with E-state index in [4.69, 9.17) is 0 Å². The van der Waals surface area contributed by atoms with Crippen LogP contribution in [0.2, 0.25) is 0 Å². The van der Waals surface area contributed by atoms with Gasteiger partial charge in [-0.15, -0.1) is 0 Å². The van der Waals surface area contributed by atoms with Gasteiger partial charge in [-0.2, -0.15) is 0 Å². The normalized spacial score (nSPS) is 14.5. The summed E-state index contributed by atoms with van der Waals surface area (Å²) in [6, 6.07) is 17.6. The average Bonchev–Trinajstić information content (AvgIpc) is 3.35. The third-order valence-corrected chi connectivity index (χ3v) is 7.16. The van der Waals surface area contributed by atoms with Crippen LogP contribution in [-0.2, 0) is 13.1 Å². The summed E-state index contributed by atoms with van der Waals surface area (Å²) < 4.78 is 0. The molecule has 0 unspecified atom stereocenters. The van der Waals surface area contributed by atoms with Crippen LogP contribution in [0.25, 0.3) is 11.0 Å². The Hall–Kier alpha value is -4.01. The Morgan fingerprint density at radius 3 is 2.47 bits per heavy atom. The predicted octanol–water partition coefficient (Wildman–Crippen LogP) is 4.69. The van der Waals surface area contributed by atoms with Crippen LogP contribution in [0.1, 0.15) is 44.5 Å². The zero-order chi connectivity index (χ0) is 26.6. The van der Waals surface area contributed by atoms with E-state index in [-0.39, 0.29) is 11.7 Å². The molecule has 1 amide bonds. The number of ketones is 1. The van der Waals surface area contributed by atoms with Gasteiger partial charge in [0.1, 0.15) is 5.65 Å². The molecule has 0 spiro atoms. The molecule has 2 aromatic carbocycles. The molecule has 8 heteroatoms. The summed E-state index contributed by atoms with van der Waals surface area (Å²) in [6.45, 7) is 9.40. The van der Waals surface area contributed by atoms with E-state index in [0.717, 1.165) is 60.6 Å². The first-order valence-corrected chi connectivity index (χ1v) is 13.0. The first-order valence-electron chi connectivity index (χ1n) is 13.0. The van der Waals surface area contributed by atoms with Crippen LogP contribution in [0.3, 0.4) is 0 Å². The highest BCUT2D eigenvalue weighted by Crippen LogP contribution is 2.21. The van der Waals surface area contributed by atoms with Crippen molar-refractivity contribution in [2.24, 2.45) is 0 Å². The lowest BCUT2D eigenvalue weighted by Crippen LogP contribution is -2.43. The molecule has 0 aliphatic carbocycles. The van der Waals surface area contributed by atoms with E-state index in [1.165, 1.54) is 12.5 Å². The topological polar surface area (TPSA) is 93.4 Å². The van der Waals surface area contributed by atoms with Crippen LogP contribution in [-0.4, -0.2) is 64.7 Å². The van der Waals surface area contributed by atoms with Crippen LogP contribution in [0, 0.1) is 6.92 Å². The lowest BCUT2D eigenvalue weighted by molar-refractivity contribution is 0.101. The minimum Gasteiger partial charge on any atom is -0.380 e. The van der Waals surface area contributed by atoms with Crippen LogP contribution in [0.4, 0.5) is 11.4 Å². The molecule has 1 aliphatic rings. The van der Waals surface area contributed by atoms with E-state index in [2.05, 4.69) is 44.4 Å². The maximum Gasteiger partial charge on any atom is 0.255 e. The second-order valence-electron chi connectivity index (χ2n) is 10.1. The smallest absolute Gasteiger partial charge is 0.255 e. The molecule has 3 N–H and O–H groups in total. The van der Waals surface area contributed by atoms with Gasteiger partial charge in [0, 0.05) is 62.8 Å². The largest absolute Gasteiger partial charge is 0.380 e. The van der Waals surface area contributed by atoms with Crippen molar-refractivity contribution in [2.75, 3.05) is 43.9 Å². The predicted molar refractivity (Wildman–Crippen MR) is 152 cm³/mol. The number of nitrogens with zero attached hydrogens (tertiary/aromatic N) is 3. The summed E-state index contributed by atoms with van der Waals surface area (Å²) in [5.41, 5.74) is 6.91. The van der Waals surface area contributed by atoms with E-state index >= 15 is 0 Å². The third kappa shape index (κ3) is 6.10.